The van der Waals surface area contributed by atoms with E-state index in [4.69, 9.17) is 13.9 Å². The molecule has 0 aliphatic carbocycles. The lowest BCUT2D eigenvalue weighted by Gasteiger charge is -2.37. The zero-order valence-corrected chi connectivity index (χ0v) is 19.3. The smallest absolute Gasteiger partial charge is 0.192 e. The zero-order valence-electron chi connectivity index (χ0n) is 16.7. The molecular weight excluding hydrogens is 408 g/mol. The Bertz CT molecular complexity index is 503. The molecule has 1 fully saturated rings. The summed E-state index contributed by atoms with van der Waals surface area (Å²) < 4.78 is 19.6. The van der Waals surface area contributed by atoms with Crippen LogP contribution in [0.5, 0.6) is 0 Å². The molecule has 2 aliphatic heterocycles. The van der Waals surface area contributed by atoms with Crippen LogP contribution in [0.3, 0.4) is 0 Å². The van der Waals surface area contributed by atoms with Crippen molar-refractivity contribution in [2.45, 2.75) is 102 Å². The fourth-order valence-electron chi connectivity index (χ4n) is 4.08. The summed E-state index contributed by atoms with van der Waals surface area (Å²) in [5, 5.41) is 0. The van der Waals surface area contributed by atoms with Crippen molar-refractivity contribution in [1.82, 2.24) is 0 Å². The summed E-state index contributed by atoms with van der Waals surface area (Å²) in [7, 11) is -1.65. The molecule has 1 saturated heterocycles. The van der Waals surface area contributed by atoms with Gasteiger partial charge in [-0.05, 0) is 43.5 Å². The van der Waals surface area contributed by atoms with Gasteiger partial charge >= 0.3 is 0 Å². The summed E-state index contributed by atoms with van der Waals surface area (Å²) >= 11 is 3.27. The highest BCUT2D eigenvalue weighted by atomic mass is 79.9. The average Bonchev–Trinajstić information content (AvgIpc) is 3.08. The molecule has 5 atom stereocenters. The molecule has 0 bridgehead atoms. The summed E-state index contributed by atoms with van der Waals surface area (Å²) in [6.07, 6.45) is 10.9. The standard InChI is InChI=1S/C21H35BrO3Si/c1-5-18-20(25-26(6-2,7-3)8-4)14-10-9-13-19-21(24-18)16-17(23-19)12-11-15-22/h9-10,12,15,17-21H,5-8,13-14,16H2,1-4H3/b10-9-/t11?,17-,18+,19-,20-,21-/m0/s1. The van der Waals surface area contributed by atoms with Crippen molar-refractivity contribution in [1.29, 1.82) is 0 Å². The van der Waals surface area contributed by atoms with Gasteiger partial charge in [0.05, 0.1) is 30.5 Å². The van der Waals surface area contributed by atoms with Gasteiger partial charge in [-0.15, -0.1) is 5.73 Å². The summed E-state index contributed by atoms with van der Waals surface area (Å²) in [6, 6.07) is 3.53. The molecule has 0 radical (unpaired) electrons. The highest BCUT2D eigenvalue weighted by Gasteiger charge is 2.40. The Morgan fingerprint density at radius 2 is 1.77 bits per heavy atom. The van der Waals surface area contributed by atoms with E-state index < -0.39 is 8.32 Å². The summed E-state index contributed by atoms with van der Waals surface area (Å²) in [5.41, 5.74) is 3.08. The van der Waals surface area contributed by atoms with Gasteiger partial charge in [0.25, 0.3) is 0 Å². The van der Waals surface area contributed by atoms with Gasteiger partial charge in [-0.2, -0.15) is 0 Å². The second kappa shape index (κ2) is 11.0. The van der Waals surface area contributed by atoms with Crippen LogP contribution >= 0.6 is 15.9 Å². The summed E-state index contributed by atoms with van der Waals surface area (Å²) in [6.45, 7) is 9.09. The maximum absolute atomic E-state index is 6.85. The van der Waals surface area contributed by atoms with Crippen LogP contribution in [0.15, 0.2) is 28.9 Å². The number of hydrogen-bond donors (Lipinski definition) is 0. The zero-order chi connectivity index (χ0) is 19.0. The highest BCUT2D eigenvalue weighted by Crippen LogP contribution is 2.33. The van der Waals surface area contributed by atoms with E-state index >= 15 is 0 Å². The largest absolute Gasteiger partial charge is 0.411 e. The van der Waals surface area contributed by atoms with Gasteiger partial charge in [0.15, 0.2) is 8.32 Å². The third-order valence-electron chi connectivity index (χ3n) is 5.98. The Morgan fingerprint density at radius 1 is 1.08 bits per heavy atom. The Kier molecular flexibility index (Phi) is 9.35. The van der Waals surface area contributed by atoms with Crippen LogP contribution in [-0.2, 0) is 13.9 Å². The second-order valence-corrected chi connectivity index (χ2v) is 12.5. The quantitative estimate of drug-likeness (QED) is 0.270. The molecule has 26 heavy (non-hydrogen) atoms. The highest BCUT2D eigenvalue weighted by molar-refractivity contribution is 9.11. The lowest BCUT2D eigenvalue weighted by Crippen LogP contribution is -2.45. The summed E-state index contributed by atoms with van der Waals surface area (Å²) in [5.74, 6) is 0. The predicted octanol–water partition coefficient (Wildman–Crippen LogP) is 6.11. The van der Waals surface area contributed by atoms with Crippen LogP contribution in [0.4, 0.5) is 0 Å². The minimum absolute atomic E-state index is 0.0823. The van der Waals surface area contributed by atoms with Gasteiger partial charge in [-0.25, -0.2) is 0 Å². The van der Waals surface area contributed by atoms with Crippen molar-refractivity contribution in [3.05, 3.63) is 28.9 Å². The molecule has 0 N–H and O–H groups in total. The molecule has 2 rings (SSSR count). The Morgan fingerprint density at radius 3 is 2.38 bits per heavy atom. The molecule has 0 aromatic carbocycles. The van der Waals surface area contributed by atoms with E-state index in [9.17, 15) is 0 Å². The van der Waals surface area contributed by atoms with E-state index in [-0.39, 0.29) is 30.5 Å². The van der Waals surface area contributed by atoms with Gasteiger partial charge in [-0.3, -0.25) is 0 Å². The minimum Gasteiger partial charge on any atom is -0.411 e. The second-order valence-electron chi connectivity index (χ2n) is 7.36. The molecule has 0 amide bonds. The molecule has 0 aromatic rings. The molecule has 2 aliphatic rings. The van der Waals surface area contributed by atoms with Crippen molar-refractivity contribution in [2.24, 2.45) is 0 Å². The normalized spacial score (nSPS) is 33.3. The van der Waals surface area contributed by atoms with Crippen LogP contribution in [-0.4, -0.2) is 38.8 Å². The first-order chi connectivity index (χ1) is 12.6. The third-order valence-corrected chi connectivity index (χ3v) is 10.9. The molecule has 0 unspecified atom stereocenters. The third kappa shape index (κ3) is 5.67. The van der Waals surface area contributed by atoms with Crippen molar-refractivity contribution < 1.29 is 13.9 Å². The molecule has 5 heteroatoms. The van der Waals surface area contributed by atoms with Crippen molar-refractivity contribution >= 4 is 24.2 Å². The van der Waals surface area contributed by atoms with Gasteiger partial charge in [0, 0.05) is 11.4 Å². The number of halogens is 1. The van der Waals surface area contributed by atoms with E-state index in [1.165, 1.54) is 18.1 Å². The minimum atomic E-state index is -1.65. The Hall–Kier alpha value is -0.163. The Labute approximate surface area is 169 Å². The fraction of sp³-hybridized carbons (Fsp3) is 0.762. The van der Waals surface area contributed by atoms with E-state index in [2.05, 4.69) is 61.5 Å². The number of ether oxygens (including phenoxy) is 2. The number of hydrogen-bond acceptors (Lipinski definition) is 3. The molecule has 0 saturated carbocycles. The molecule has 0 spiro atoms. The lowest BCUT2D eigenvalue weighted by atomic mass is 10.1. The average molecular weight is 443 g/mol. The van der Waals surface area contributed by atoms with Gasteiger partial charge < -0.3 is 13.9 Å². The molecule has 0 aromatic heterocycles. The van der Waals surface area contributed by atoms with Crippen LogP contribution < -0.4 is 0 Å². The fourth-order valence-corrected chi connectivity index (χ4v) is 7.12. The number of fused-ring (bicyclic) bond motifs is 1. The Balaban J connectivity index is 2.15. The van der Waals surface area contributed by atoms with Crippen LogP contribution in [0.1, 0.15) is 53.4 Å². The monoisotopic (exact) mass is 442 g/mol. The number of rotatable bonds is 7. The topological polar surface area (TPSA) is 27.7 Å². The van der Waals surface area contributed by atoms with Crippen molar-refractivity contribution in [3.63, 3.8) is 0 Å². The first-order valence-electron chi connectivity index (χ1n) is 10.3. The van der Waals surface area contributed by atoms with E-state index in [1.807, 2.05) is 6.08 Å². The molecular formula is C21H35BrO3Si. The molecule has 3 nitrogen and oxygen atoms in total. The SMILES string of the molecule is CC[C@H]1O[C@H]2C[C@H](C=C=CBr)O[C@H]2C/C=C\C[C@@H]1O[Si](CC)(CC)CC. The van der Waals surface area contributed by atoms with Crippen molar-refractivity contribution in [3.8, 4) is 0 Å². The predicted molar refractivity (Wildman–Crippen MR) is 114 cm³/mol. The van der Waals surface area contributed by atoms with E-state index in [0.29, 0.717) is 0 Å². The van der Waals surface area contributed by atoms with Gasteiger partial charge in [-0.1, -0.05) is 55.8 Å². The van der Waals surface area contributed by atoms with Gasteiger partial charge in [0.2, 0.25) is 0 Å². The van der Waals surface area contributed by atoms with E-state index in [0.717, 1.165) is 25.7 Å². The lowest BCUT2D eigenvalue weighted by molar-refractivity contribution is -0.0921. The van der Waals surface area contributed by atoms with E-state index in [1.54, 1.807) is 4.99 Å². The van der Waals surface area contributed by atoms with Crippen LogP contribution in [0.25, 0.3) is 0 Å². The molecule has 2 heterocycles. The van der Waals surface area contributed by atoms with Crippen molar-refractivity contribution in [2.75, 3.05) is 0 Å². The van der Waals surface area contributed by atoms with Crippen LogP contribution in [0.2, 0.25) is 18.1 Å². The summed E-state index contributed by atoms with van der Waals surface area (Å²) in [4.78, 5) is 1.74. The first kappa shape index (κ1) is 22.1. The molecule has 148 valence electrons. The first-order valence-corrected chi connectivity index (χ1v) is 13.7. The van der Waals surface area contributed by atoms with Gasteiger partial charge in [0.1, 0.15) is 0 Å². The van der Waals surface area contributed by atoms with Crippen LogP contribution in [0, 0.1) is 0 Å². The maximum Gasteiger partial charge on any atom is 0.192 e. The maximum atomic E-state index is 6.85.